The summed E-state index contributed by atoms with van der Waals surface area (Å²) in [6.45, 7) is 7.14. The predicted molar refractivity (Wildman–Crippen MR) is 144 cm³/mol. The first-order chi connectivity index (χ1) is 17.6. The van der Waals surface area contributed by atoms with E-state index >= 15 is 0 Å². The number of aromatic carboxylic acids is 1. The molecular formula is C30H40N2O4. The summed E-state index contributed by atoms with van der Waals surface area (Å²) in [7, 11) is 0. The van der Waals surface area contributed by atoms with E-state index in [9.17, 15) is 4.79 Å². The van der Waals surface area contributed by atoms with E-state index in [1.165, 1.54) is 54.1 Å². The third kappa shape index (κ3) is 7.34. The van der Waals surface area contributed by atoms with E-state index in [0.29, 0.717) is 11.7 Å². The molecule has 3 aliphatic rings. The second-order valence-electron chi connectivity index (χ2n) is 9.92. The molecule has 2 aromatic carbocycles. The van der Waals surface area contributed by atoms with Crippen LogP contribution in [0.25, 0.3) is 10.9 Å². The van der Waals surface area contributed by atoms with Gasteiger partial charge in [-0.1, -0.05) is 43.9 Å². The molecule has 6 heteroatoms. The second kappa shape index (κ2) is 13.5. The Bertz CT molecular complexity index is 1090. The molecular weight excluding hydrogens is 452 g/mol. The number of hydrogen-bond acceptors (Lipinski definition) is 4. The summed E-state index contributed by atoms with van der Waals surface area (Å²) in [4.78, 5) is 16.2. The number of ether oxygens (including phenoxy) is 2. The van der Waals surface area contributed by atoms with Gasteiger partial charge in [0.05, 0.1) is 18.3 Å². The highest BCUT2D eigenvalue weighted by molar-refractivity contribution is 5.88. The van der Waals surface area contributed by atoms with Crippen molar-refractivity contribution in [3.8, 4) is 5.75 Å². The van der Waals surface area contributed by atoms with Gasteiger partial charge < -0.3 is 19.6 Å². The van der Waals surface area contributed by atoms with Crippen LogP contribution in [0.4, 0.5) is 0 Å². The molecule has 0 radical (unpaired) electrons. The number of aromatic amines is 1. The summed E-state index contributed by atoms with van der Waals surface area (Å²) >= 11 is 0. The van der Waals surface area contributed by atoms with Crippen molar-refractivity contribution in [1.82, 2.24) is 9.88 Å². The minimum absolute atomic E-state index is 0.331. The van der Waals surface area contributed by atoms with Gasteiger partial charge in [0.1, 0.15) is 5.75 Å². The molecule has 1 aromatic heterocycles. The van der Waals surface area contributed by atoms with Gasteiger partial charge in [-0.05, 0) is 62.4 Å². The maximum atomic E-state index is 10.2. The predicted octanol–water partition coefficient (Wildman–Crippen LogP) is 6.58. The van der Waals surface area contributed by atoms with E-state index in [1.807, 2.05) is 0 Å². The number of H-pyrrole nitrogens is 1. The summed E-state index contributed by atoms with van der Waals surface area (Å²) in [6.07, 6.45) is 12.4. The Morgan fingerprint density at radius 2 is 1.67 bits per heavy atom. The molecule has 0 unspecified atom stereocenters. The van der Waals surface area contributed by atoms with Crippen molar-refractivity contribution in [1.29, 1.82) is 0 Å². The Hall–Kier alpha value is -2.83. The molecule has 2 N–H and O–H groups in total. The highest BCUT2D eigenvalue weighted by Crippen LogP contribution is 2.33. The molecule has 0 spiro atoms. The lowest BCUT2D eigenvalue weighted by atomic mass is 10.0. The molecule has 6 nitrogen and oxygen atoms in total. The molecule has 1 saturated heterocycles. The van der Waals surface area contributed by atoms with Gasteiger partial charge in [-0.15, -0.1) is 0 Å². The van der Waals surface area contributed by atoms with Crippen LogP contribution >= 0.6 is 0 Å². The summed E-state index contributed by atoms with van der Waals surface area (Å²) in [6, 6.07) is 12.7. The smallest absolute Gasteiger partial charge is 0.335 e. The molecule has 0 saturated carbocycles. The van der Waals surface area contributed by atoms with Crippen LogP contribution in [0.15, 0.2) is 48.7 Å². The molecule has 0 aliphatic carbocycles. The lowest BCUT2D eigenvalue weighted by Crippen LogP contribution is -2.36. The Balaban J connectivity index is 0.000000286. The summed E-state index contributed by atoms with van der Waals surface area (Å²) in [5.74, 6) is 0.206. The molecule has 194 valence electrons. The summed E-state index contributed by atoms with van der Waals surface area (Å²) in [5.41, 5.74) is 4.20. The van der Waals surface area contributed by atoms with Gasteiger partial charge in [0, 0.05) is 48.9 Å². The quantitative estimate of drug-likeness (QED) is 0.402. The van der Waals surface area contributed by atoms with Crippen LogP contribution in [0.3, 0.4) is 0 Å². The molecule has 3 aromatic rings. The standard InChI is InChI=1S/C23H34N2O2.C7H6O2/c1-18-16-22-21(20-8-11-24-23(18)20)17-25-12-9-19(10-13-25)26-14-6-4-2-3-5-7-15-27-22;8-7(9)6-4-2-1-3-5-6/h8,11,16,19,24H,2-7,9-10,12-15,17H2,1H3;1-5H,(H,8,9). The number of aromatic nitrogens is 1. The lowest BCUT2D eigenvalue weighted by molar-refractivity contribution is 0.00426. The first-order valence-electron chi connectivity index (χ1n) is 13.5. The van der Waals surface area contributed by atoms with Crippen LogP contribution in [-0.4, -0.2) is 53.4 Å². The van der Waals surface area contributed by atoms with Crippen molar-refractivity contribution in [3.63, 3.8) is 0 Å². The number of carboxylic acids is 1. The van der Waals surface area contributed by atoms with Gasteiger partial charge in [0.15, 0.2) is 0 Å². The zero-order valence-corrected chi connectivity index (χ0v) is 21.5. The molecule has 1 fully saturated rings. The van der Waals surface area contributed by atoms with E-state index in [0.717, 1.165) is 57.9 Å². The highest BCUT2D eigenvalue weighted by Gasteiger charge is 2.22. The summed E-state index contributed by atoms with van der Waals surface area (Å²) < 4.78 is 12.5. The number of nitrogens with zero attached hydrogens (tertiary/aromatic N) is 1. The lowest BCUT2D eigenvalue weighted by Gasteiger charge is -2.32. The van der Waals surface area contributed by atoms with E-state index in [4.69, 9.17) is 14.6 Å². The number of fused-ring (bicyclic) bond motifs is 12. The Morgan fingerprint density at radius 3 is 2.36 bits per heavy atom. The normalized spacial score (nSPS) is 21.5. The van der Waals surface area contributed by atoms with Crippen LogP contribution < -0.4 is 4.74 Å². The van der Waals surface area contributed by atoms with Crippen LogP contribution in [0.1, 0.15) is 72.9 Å². The third-order valence-corrected chi connectivity index (χ3v) is 7.20. The molecule has 3 aliphatic heterocycles. The largest absolute Gasteiger partial charge is 0.493 e. The number of carboxylic acid groups (broad SMARTS) is 1. The van der Waals surface area contributed by atoms with Crippen molar-refractivity contribution in [2.45, 2.75) is 70.9 Å². The maximum Gasteiger partial charge on any atom is 0.335 e. The number of aryl methyl sites for hydroxylation is 1. The molecule has 36 heavy (non-hydrogen) atoms. The van der Waals surface area contributed by atoms with E-state index in [1.54, 1.807) is 30.3 Å². The fraction of sp³-hybridized carbons (Fsp3) is 0.500. The topological polar surface area (TPSA) is 74.8 Å². The average molecular weight is 493 g/mol. The minimum atomic E-state index is -0.879. The van der Waals surface area contributed by atoms with E-state index < -0.39 is 5.97 Å². The van der Waals surface area contributed by atoms with Crippen molar-refractivity contribution in [2.24, 2.45) is 0 Å². The molecule has 6 rings (SSSR count). The van der Waals surface area contributed by atoms with E-state index in [2.05, 4.69) is 35.1 Å². The molecule has 4 heterocycles. The second-order valence-corrected chi connectivity index (χ2v) is 9.92. The minimum Gasteiger partial charge on any atom is -0.493 e. The molecule has 2 bridgehead atoms. The van der Waals surface area contributed by atoms with Crippen LogP contribution in [-0.2, 0) is 11.3 Å². The molecule has 0 atom stereocenters. The van der Waals surface area contributed by atoms with Crippen molar-refractivity contribution in [2.75, 3.05) is 26.3 Å². The number of hydrogen-bond donors (Lipinski definition) is 2. The van der Waals surface area contributed by atoms with Gasteiger partial charge in [-0.25, -0.2) is 4.79 Å². The van der Waals surface area contributed by atoms with Crippen LogP contribution in [0, 0.1) is 6.92 Å². The number of nitrogens with one attached hydrogen (secondary N) is 1. The average Bonchev–Trinajstić information content (AvgIpc) is 3.39. The Kier molecular flexibility index (Phi) is 9.82. The third-order valence-electron chi connectivity index (χ3n) is 7.20. The van der Waals surface area contributed by atoms with Crippen molar-refractivity contribution in [3.05, 3.63) is 65.4 Å². The first-order valence-corrected chi connectivity index (χ1v) is 13.5. The van der Waals surface area contributed by atoms with Gasteiger partial charge in [0.2, 0.25) is 0 Å². The number of piperidine rings is 1. The monoisotopic (exact) mass is 492 g/mol. The van der Waals surface area contributed by atoms with Crippen LogP contribution in [0.2, 0.25) is 0 Å². The Morgan fingerprint density at radius 1 is 0.972 bits per heavy atom. The van der Waals surface area contributed by atoms with Gasteiger partial charge in [-0.2, -0.15) is 0 Å². The maximum absolute atomic E-state index is 10.2. The fourth-order valence-corrected chi connectivity index (χ4v) is 5.11. The first kappa shape index (κ1) is 26.2. The number of benzene rings is 2. The zero-order chi connectivity index (χ0) is 25.2. The molecule has 0 amide bonds. The van der Waals surface area contributed by atoms with Crippen molar-refractivity contribution >= 4 is 16.9 Å². The number of carbonyl (C=O) groups is 1. The SMILES string of the molecule is Cc1cc2c(c3cc[nH]c13)CN1CCC(CC1)OCCCCCCCCO2.O=C(O)c1ccccc1. The van der Waals surface area contributed by atoms with Crippen molar-refractivity contribution < 1.29 is 19.4 Å². The van der Waals surface area contributed by atoms with Crippen LogP contribution in [0.5, 0.6) is 5.75 Å². The number of rotatable bonds is 1. The highest BCUT2D eigenvalue weighted by atomic mass is 16.5. The van der Waals surface area contributed by atoms with Gasteiger partial charge >= 0.3 is 5.97 Å². The summed E-state index contributed by atoms with van der Waals surface area (Å²) in [5, 5.41) is 9.71. The van der Waals surface area contributed by atoms with E-state index in [-0.39, 0.29) is 0 Å². The van der Waals surface area contributed by atoms with Gasteiger partial charge in [0.25, 0.3) is 0 Å². The fourth-order valence-electron chi connectivity index (χ4n) is 5.11. The van der Waals surface area contributed by atoms with Gasteiger partial charge in [-0.3, -0.25) is 4.90 Å². The zero-order valence-electron chi connectivity index (χ0n) is 21.5. The Labute approximate surface area is 214 Å².